The highest BCUT2D eigenvalue weighted by Crippen LogP contribution is 2.31. The van der Waals surface area contributed by atoms with Crippen LogP contribution in [0.4, 0.5) is 0 Å². The molecule has 2 aliphatic rings. The number of allylic oxidation sites excluding steroid dienone is 4. The SMILES string of the molecule is Cc1cc(C2=CCCC(C#N)=C2)cc(C2CCN(C(=O)c3cc(C(C)C)[nH]n3)C2)n1. The first-order valence-electron chi connectivity index (χ1n) is 10.6. The number of rotatable bonds is 4. The minimum absolute atomic E-state index is 0.0230. The number of nitriles is 1. The molecule has 4 rings (SSSR count). The normalized spacial score (nSPS) is 18.9. The number of hydrogen-bond donors (Lipinski definition) is 1. The predicted molar refractivity (Wildman–Crippen MR) is 116 cm³/mol. The maximum Gasteiger partial charge on any atom is 0.274 e. The van der Waals surface area contributed by atoms with Crippen molar-refractivity contribution < 1.29 is 4.79 Å². The molecule has 2 aromatic rings. The lowest BCUT2D eigenvalue weighted by Crippen LogP contribution is -2.28. The maximum atomic E-state index is 12.9. The van der Waals surface area contributed by atoms with E-state index >= 15 is 0 Å². The van der Waals surface area contributed by atoms with Gasteiger partial charge in [0.1, 0.15) is 5.69 Å². The van der Waals surface area contributed by atoms with Crippen molar-refractivity contribution in [2.45, 2.75) is 51.9 Å². The molecule has 0 bridgehead atoms. The van der Waals surface area contributed by atoms with Crippen molar-refractivity contribution in [3.8, 4) is 6.07 Å². The third-order valence-corrected chi connectivity index (χ3v) is 5.89. The Kier molecular flexibility index (Phi) is 5.54. The fourth-order valence-corrected chi connectivity index (χ4v) is 4.15. The number of nitrogens with zero attached hydrogens (tertiary/aromatic N) is 4. The quantitative estimate of drug-likeness (QED) is 0.818. The Bertz CT molecular complexity index is 1070. The number of aryl methyl sites for hydroxylation is 1. The van der Waals surface area contributed by atoms with Crippen molar-refractivity contribution in [3.05, 3.63) is 64.3 Å². The number of hydrogen-bond acceptors (Lipinski definition) is 4. The van der Waals surface area contributed by atoms with Gasteiger partial charge in [0.2, 0.25) is 0 Å². The number of likely N-dealkylation sites (tertiary alicyclic amines) is 1. The summed E-state index contributed by atoms with van der Waals surface area (Å²) in [6.07, 6.45) is 6.76. The number of pyridine rings is 1. The highest BCUT2D eigenvalue weighted by atomic mass is 16.2. The van der Waals surface area contributed by atoms with E-state index in [2.05, 4.69) is 48.3 Å². The van der Waals surface area contributed by atoms with Crippen LogP contribution in [0, 0.1) is 18.3 Å². The first kappa shape index (κ1) is 20.1. The Morgan fingerprint density at radius 1 is 1.33 bits per heavy atom. The lowest BCUT2D eigenvalue weighted by Gasteiger charge is -2.17. The van der Waals surface area contributed by atoms with Crippen LogP contribution in [0.1, 0.15) is 78.1 Å². The molecule has 1 aliphatic carbocycles. The van der Waals surface area contributed by atoms with Gasteiger partial charge in [-0.25, -0.2) is 0 Å². The number of aromatic amines is 1. The molecular formula is C24H27N5O. The summed E-state index contributed by atoms with van der Waals surface area (Å²) in [5, 5.41) is 16.4. The van der Waals surface area contributed by atoms with Gasteiger partial charge in [-0.15, -0.1) is 0 Å². The lowest BCUT2D eigenvalue weighted by molar-refractivity contribution is 0.0785. The molecule has 6 nitrogen and oxygen atoms in total. The minimum Gasteiger partial charge on any atom is -0.337 e. The first-order valence-corrected chi connectivity index (χ1v) is 10.6. The highest BCUT2D eigenvalue weighted by molar-refractivity contribution is 5.92. The molecule has 0 radical (unpaired) electrons. The first-order chi connectivity index (χ1) is 14.4. The van der Waals surface area contributed by atoms with E-state index in [0.29, 0.717) is 24.7 Å². The van der Waals surface area contributed by atoms with Gasteiger partial charge in [0.15, 0.2) is 0 Å². The molecule has 1 amide bonds. The van der Waals surface area contributed by atoms with Crippen LogP contribution in [0.3, 0.4) is 0 Å². The second kappa shape index (κ2) is 8.27. The van der Waals surface area contributed by atoms with E-state index in [0.717, 1.165) is 53.1 Å². The average molecular weight is 402 g/mol. The third-order valence-electron chi connectivity index (χ3n) is 5.89. The van der Waals surface area contributed by atoms with Gasteiger partial charge in [-0.2, -0.15) is 10.4 Å². The Morgan fingerprint density at radius 3 is 2.90 bits per heavy atom. The van der Waals surface area contributed by atoms with Crippen molar-refractivity contribution in [2.24, 2.45) is 0 Å². The van der Waals surface area contributed by atoms with Crippen LogP contribution in [-0.4, -0.2) is 39.1 Å². The second-order valence-electron chi connectivity index (χ2n) is 8.50. The number of carbonyl (C=O) groups excluding carboxylic acids is 1. The second-order valence-corrected chi connectivity index (χ2v) is 8.50. The zero-order valence-electron chi connectivity index (χ0n) is 17.8. The maximum absolute atomic E-state index is 12.9. The van der Waals surface area contributed by atoms with Crippen molar-refractivity contribution >= 4 is 11.5 Å². The zero-order valence-corrected chi connectivity index (χ0v) is 17.8. The summed E-state index contributed by atoms with van der Waals surface area (Å²) < 4.78 is 0. The Morgan fingerprint density at radius 2 is 2.17 bits per heavy atom. The summed E-state index contributed by atoms with van der Waals surface area (Å²) >= 11 is 0. The topological polar surface area (TPSA) is 85.7 Å². The third kappa shape index (κ3) is 4.06. The fourth-order valence-electron chi connectivity index (χ4n) is 4.15. The minimum atomic E-state index is -0.0230. The molecule has 1 N–H and O–H groups in total. The van der Waals surface area contributed by atoms with E-state index in [9.17, 15) is 10.1 Å². The summed E-state index contributed by atoms with van der Waals surface area (Å²) in [4.78, 5) is 19.5. The molecule has 0 aromatic carbocycles. The van der Waals surface area contributed by atoms with E-state index in [4.69, 9.17) is 4.98 Å². The summed E-state index contributed by atoms with van der Waals surface area (Å²) in [6, 6.07) is 8.34. The number of aromatic nitrogens is 3. The van der Waals surface area contributed by atoms with Crippen molar-refractivity contribution in [1.29, 1.82) is 5.26 Å². The molecule has 1 saturated heterocycles. The van der Waals surface area contributed by atoms with Crippen LogP contribution in [0.5, 0.6) is 0 Å². The molecule has 3 heterocycles. The number of H-pyrrole nitrogens is 1. The van der Waals surface area contributed by atoms with Crippen LogP contribution >= 0.6 is 0 Å². The number of amides is 1. The molecule has 1 fully saturated rings. The van der Waals surface area contributed by atoms with Crippen LogP contribution in [0.25, 0.3) is 5.57 Å². The van der Waals surface area contributed by atoms with Gasteiger partial charge in [-0.3, -0.25) is 14.9 Å². The number of nitrogens with one attached hydrogen (secondary N) is 1. The van der Waals surface area contributed by atoms with Gasteiger partial charge < -0.3 is 4.90 Å². The summed E-state index contributed by atoms with van der Waals surface area (Å²) in [6.45, 7) is 7.51. The van der Waals surface area contributed by atoms with Crippen molar-refractivity contribution in [2.75, 3.05) is 13.1 Å². The van der Waals surface area contributed by atoms with Crippen molar-refractivity contribution in [1.82, 2.24) is 20.1 Å². The van der Waals surface area contributed by atoms with E-state index in [1.165, 1.54) is 0 Å². The number of carbonyl (C=O) groups is 1. The molecule has 0 saturated carbocycles. The van der Waals surface area contributed by atoms with Gasteiger partial charge in [0, 0.05) is 41.7 Å². The molecule has 154 valence electrons. The molecule has 0 spiro atoms. The van der Waals surface area contributed by atoms with E-state index < -0.39 is 0 Å². The molecular weight excluding hydrogens is 374 g/mol. The standard InChI is InChI=1S/C24H27N5O/c1-15(2)21-12-23(28-27-21)24(30)29-8-7-19(14-29)22-11-20(9-16(3)26-22)18-6-4-5-17(10-18)13-25/h6,9-12,15,19H,4-5,7-8,14H2,1-3H3,(H,27,28). The van der Waals surface area contributed by atoms with E-state index in [1.54, 1.807) is 0 Å². The van der Waals surface area contributed by atoms with E-state index in [1.807, 2.05) is 24.0 Å². The van der Waals surface area contributed by atoms with Gasteiger partial charge in [-0.05, 0) is 67.5 Å². The molecule has 1 unspecified atom stereocenters. The van der Waals surface area contributed by atoms with Crippen LogP contribution < -0.4 is 0 Å². The summed E-state index contributed by atoms with van der Waals surface area (Å²) in [5.41, 5.74) is 6.45. The monoisotopic (exact) mass is 401 g/mol. The molecule has 30 heavy (non-hydrogen) atoms. The summed E-state index contributed by atoms with van der Waals surface area (Å²) in [5.74, 6) is 0.495. The van der Waals surface area contributed by atoms with Gasteiger partial charge in [0.25, 0.3) is 5.91 Å². The lowest BCUT2D eigenvalue weighted by atomic mass is 9.93. The Balaban J connectivity index is 1.52. The smallest absolute Gasteiger partial charge is 0.274 e. The van der Waals surface area contributed by atoms with Crippen molar-refractivity contribution in [3.63, 3.8) is 0 Å². The Hall–Kier alpha value is -3.20. The molecule has 2 aromatic heterocycles. The molecule has 6 heteroatoms. The van der Waals surface area contributed by atoms with Gasteiger partial charge >= 0.3 is 0 Å². The van der Waals surface area contributed by atoms with Gasteiger partial charge in [-0.1, -0.05) is 19.9 Å². The zero-order chi connectivity index (χ0) is 21.3. The molecule has 1 aliphatic heterocycles. The van der Waals surface area contributed by atoms with E-state index in [-0.39, 0.29) is 11.8 Å². The van der Waals surface area contributed by atoms with Gasteiger partial charge in [0.05, 0.1) is 6.07 Å². The van der Waals surface area contributed by atoms with Crippen LogP contribution in [-0.2, 0) is 0 Å². The largest absolute Gasteiger partial charge is 0.337 e. The highest BCUT2D eigenvalue weighted by Gasteiger charge is 2.30. The summed E-state index contributed by atoms with van der Waals surface area (Å²) in [7, 11) is 0. The van der Waals surface area contributed by atoms with Crippen LogP contribution in [0.2, 0.25) is 0 Å². The average Bonchev–Trinajstić information content (AvgIpc) is 3.43. The molecule has 1 atom stereocenters. The van der Waals surface area contributed by atoms with Crippen LogP contribution in [0.15, 0.2) is 35.9 Å². The fraction of sp³-hybridized carbons (Fsp3) is 0.417. The predicted octanol–water partition coefficient (Wildman–Crippen LogP) is 4.49. The Labute approximate surface area is 177 Å².